The van der Waals surface area contributed by atoms with Crippen LogP contribution in [0.4, 0.5) is 0 Å². The van der Waals surface area contributed by atoms with E-state index in [-0.39, 0.29) is 23.0 Å². The summed E-state index contributed by atoms with van der Waals surface area (Å²) in [4.78, 5) is 0. The third-order valence-electron chi connectivity index (χ3n) is 0.627. The molecule has 0 aromatic heterocycles. The predicted molar refractivity (Wildman–Crippen MR) is 34.5 cm³/mol. The van der Waals surface area contributed by atoms with E-state index in [2.05, 4.69) is 5.32 Å². The number of hydrogen-bond acceptors (Lipinski definition) is 2. The summed E-state index contributed by atoms with van der Waals surface area (Å²) in [6, 6.07) is 1.99. The first-order valence-corrected chi connectivity index (χ1v) is 1.88. The number of hydrogen-bond donors (Lipinski definition) is 1. The van der Waals surface area contributed by atoms with Gasteiger partial charge in [-0.15, -0.1) is 17.0 Å². The Hall–Kier alpha value is -0.0700. The average molecular weight is 165 g/mol. The second-order valence-corrected chi connectivity index (χ2v) is 1.14. The Morgan fingerprint density at radius 3 is 2.14 bits per heavy atom. The molecule has 0 aromatic carbocycles. The zero-order valence-corrected chi connectivity index (χ0v) is 6.15. The molecule has 0 aliphatic carbocycles. The molecule has 0 bridgehead atoms. The maximum atomic E-state index is 8.02. The molecule has 0 rings (SSSR count). The number of halogens is 1. The Balaban J connectivity index is 0. The number of rotatable bonds is 1. The molecular weight excluding hydrogens is 156 g/mol. The highest BCUT2D eigenvalue weighted by atomic mass is 79.9. The quantitative estimate of drug-likeness (QED) is 0.620. The fraction of sp³-hybridized carbons (Fsp3) is 0.750. The fourth-order valence-corrected chi connectivity index (χ4v) is 0.0645. The lowest BCUT2D eigenvalue weighted by molar-refractivity contribution is 0.741. The molecule has 0 saturated carbocycles. The molecule has 0 saturated heterocycles. The summed E-state index contributed by atoms with van der Waals surface area (Å²) in [6.07, 6.45) is 0. The maximum absolute atomic E-state index is 8.02. The third kappa shape index (κ3) is 5.93. The van der Waals surface area contributed by atoms with Gasteiger partial charge in [-0.05, 0) is 14.0 Å². The molecule has 1 unspecified atom stereocenters. The second kappa shape index (κ2) is 5.93. The van der Waals surface area contributed by atoms with E-state index in [9.17, 15) is 0 Å². The first-order chi connectivity index (χ1) is 2.81. The van der Waals surface area contributed by atoms with Crippen molar-refractivity contribution in [2.45, 2.75) is 13.0 Å². The summed E-state index contributed by atoms with van der Waals surface area (Å²) in [5, 5.41) is 10.8. The molecule has 2 nitrogen and oxygen atoms in total. The van der Waals surface area contributed by atoms with Crippen LogP contribution < -0.4 is 5.32 Å². The molecule has 0 spiro atoms. The van der Waals surface area contributed by atoms with Gasteiger partial charge in [0.2, 0.25) is 0 Å². The van der Waals surface area contributed by atoms with E-state index in [1.807, 2.05) is 6.07 Å². The lowest BCUT2D eigenvalue weighted by atomic mass is 10.4. The fourth-order valence-electron chi connectivity index (χ4n) is 0.0645. The minimum atomic E-state index is -0.00926. The monoisotopic (exact) mass is 164 g/mol. The second-order valence-electron chi connectivity index (χ2n) is 1.14. The van der Waals surface area contributed by atoms with Gasteiger partial charge in [0, 0.05) is 0 Å². The molecule has 0 fully saturated rings. The Morgan fingerprint density at radius 1 is 1.71 bits per heavy atom. The van der Waals surface area contributed by atoms with Crippen LogP contribution >= 0.6 is 17.0 Å². The minimum Gasteiger partial charge on any atom is -0.305 e. The van der Waals surface area contributed by atoms with Gasteiger partial charge in [-0.3, -0.25) is 0 Å². The smallest absolute Gasteiger partial charge is 0.0922 e. The van der Waals surface area contributed by atoms with E-state index in [0.717, 1.165) is 0 Å². The van der Waals surface area contributed by atoms with Crippen LogP contribution in [-0.2, 0) is 0 Å². The maximum Gasteiger partial charge on any atom is 0.0922 e. The van der Waals surface area contributed by atoms with E-state index in [1.54, 1.807) is 14.0 Å². The van der Waals surface area contributed by atoms with Gasteiger partial charge in [0.1, 0.15) is 0 Å². The molecule has 0 aromatic rings. The van der Waals surface area contributed by atoms with Crippen LogP contribution in [-0.4, -0.2) is 13.1 Å². The highest BCUT2D eigenvalue weighted by Gasteiger charge is 1.86. The summed E-state index contributed by atoms with van der Waals surface area (Å²) in [5.74, 6) is 0. The zero-order valence-electron chi connectivity index (χ0n) is 4.43. The van der Waals surface area contributed by atoms with Crippen molar-refractivity contribution in [1.82, 2.24) is 5.32 Å². The number of nitriles is 1. The number of nitrogens with one attached hydrogen (secondary N) is 1. The zero-order chi connectivity index (χ0) is 4.99. The minimum absolute atomic E-state index is 0. The van der Waals surface area contributed by atoms with Gasteiger partial charge in [-0.1, -0.05) is 0 Å². The van der Waals surface area contributed by atoms with Gasteiger partial charge in [0.05, 0.1) is 12.1 Å². The van der Waals surface area contributed by atoms with Crippen LogP contribution in [0.5, 0.6) is 0 Å². The number of nitrogens with zero attached hydrogens (tertiary/aromatic N) is 1. The van der Waals surface area contributed by atoms with Crippen molar-refractivity contribution in [3.63, 3.8) is 0 Å². The van der Waals surface area contributed by atoms with Gasteiger partial charge < -0.3 is 5.32 Å². The highest BCUT2D eigenvalue weighted by molar-refractivity contribution is 8.93. The summed E-state index contributed by atoms with van der Waals surface area (Å²) >= 11 is 0. The van der Waals surface area contributed by atoms with Crippen LogP contribution in [0.1, 0.15) is 6.92 Å². The van der Waals surface area contributed by atoms with E-state index in [4.69, 9.17) is 5.26 Å². The van der Waals surface area contributed by atoms with Crippen LogP contribution in [0.15, 0.2) is 0 Å². The molecule has 1 atom stereocenters. The Morgan fingerprint density at radius 2 is 2.14 bits per heavy atom. The summed E-state index contributed by atoms with van der Waals surface area (Å²) in [6.45, 7) is 1.81. The molecule has 1 N–H and O–H groups in total. The van der Waals surface area contributed by atoms with Crippen LogP contribution in [0.3, 0.4) is 0 Å². The molecule has 3 heteroatoms. The average Bonchev–Trinajstić information content (AvgIpc) is 1.65. The van der Waals surface area contributed by atoms with Crippen molar-refractivity contribution in [1.29, 1.82) is 5.26 Å². The van der Waals surface area contributed by atoms with Gasteiger partial charge in [-0.25, -0.2) is 0 Å². The van der Waals surface area contributed by atoms with Gasteiger partial charge >= 0.3 is 0 Å². The van der Waals surface area contributed by atoms with Crippen molar-refractivity contribution in [2.75, 3.05) is 7.05 Å². The Labute approximate surface area is 54.3 Å². The van der Waals surface area contributed by atoms with Gasteiger partial charge in [-0.2, -0.15) is 5.26 Å². The normalized spacial score (nSPS) is 11.0. The van der Waals surface area contributed by atoms with E-state index in [0.29, 0.717) is 0 Å². The van der Waals surface area contributed by atoms with E-state index in [1.165, 1.54) is 0 Å². The summed E-state index contributed by atoms with van der Waals surface area (Å²) in [5.41, 5.74) is 0. The van der Waals surface area contributed by atoms with Crippen molar-refractivity contribution in [3.8, 4) is 6.07 Å². The molecule has 7 heavy (non-hydrogen) atoms. The SMILES string of the molecule is Br.CNC(C)C#N. The largest absolute Gasteiger partial charge is 0.305 e. The molecule has 0 aliphatic heterocycles. The first kappa shape index (κ1) is 10.0. The van der Waals surface area contributed by atoms with E-state index < -0.39 is 0 Å². The molecule has 42 valence electrons. The van der Waals surface area contributed by atoms with Crippen LogP contribution in [0.2, 0.25) is 0 Å². The summed E-state index contributed by atoms with van der Waals surface area (Å²) in [7, 11) is 1.76. The van der Waals surface area contributed by atoms with Crippen LogP contribution in [0, 0.1) is 11.3 Å². The molecule has 0 heterocycles. The molecule has 0 aliphatic rings. The lowest BCUT2D eigenvalue weighted by Crippen LogP contribution is -2.17. The highest BCUT2D eigenvalue weighted by Crippen LogP contribution is 1.67. The standard InChI is InChI=1S/C4H8N2.BrH/c1-4(3-5)6-2;/h4,6H,1-2H3;1H. The molecule has 0 amide bonds. The van der Waals surface area contributed by atoms with Crippen LogP contribution in [0.25, 0.3) is 0 Å². The summed E-state index contributed by atoms with van der Waals surface area (Å²) < 4.78 is 0. The van der Waals surface area contributed by atoms with Crippen molar-refractivity contribution >= 4 is 17.0 Å². The first-order valence-electron chi connectivity index (χ1n) is 1.88. The molecular formula is C4H9BrN2. The van der Waals surface area contributed by atoms with Gasteiger partial charge in [0.25, 0.3) is 0 Å². The third-order valence-corrected chi connectivity index (χ3v) is 0.627. The molecule has 0 radical (unpaired) electrons. The Bertz CT molecular complexity index is 66.6. The van der Waals surface area contributed by atoms with Gasteiger partial charge in [0.15, 0.2) is 0 Å². The van der Waals surface area contributed by atoms with E-state index >= 15 is 0 Å². The predicted octanol–water partition coefficient (Wildman–Crippen LogP) is 0.696. The van der Waals surface area contributed by atoms with Crippen molar-refractivity contribution < 1.29 is 0 Å². The topological polar surface area (TPSA) is 35.8 Å². The Kier molecular flexibility index (Phi) is 8.49. The van der Waals surface area contributed by atoms with Crippen molar-refractivity contribution in [3.05, 3.63) is 0 Å². The van der Waals surface area contributed by atoms with Crippen molar-refractivity contribution in [2.24, 2.45) is 0 Å². The lowest BCUT2D eigenvalue weighted by Gasteiger charge is -1.92.